The number of nitrogens with one attached hydrogen (secondary N) is 2. The van der Waals surface area contributed by atoms with E-state index >= 15 is 0 Å². The number of rotatable bonds is 4. The number of H-pyrrole nitrogens is 1. The molecule has 4 aromatic rings. The number of hydrogen-bond acceptors (Lipinski definition) is 7. The SMILES string of the molecule is O=C1CC2(CCN(Cc3cn4cc(-c5cccc6[nH]ncc56)nc(N5CCOCC5)c4n3)CC2)CN1. The van der Waals surface area contributed by atoms with E-state index in [-0.39, 0.29) is 11.3 Å². The minimum atomic E-state index is 0.156. The number of anilines is 1. The lowest BCUT2D eigenvalue weighted by atomic mass is 9.77. The highest BCUT2D eigenvalue weighted by Gasteiger charge is 2.40. The number of carbonyl (C=O) groups is 1. The normalized spacial score (nSPS) is 20.6. The molecule has 0 bridgehead atoms. The lowest BCUT2D eigenvalue weighted by Gasteiger charge is -2.37. The molecule has 1 aromatic carbocycles. The summed E-state index contributed by atoms with van der Waals surface area (Å²) in [7, 11) is 0. The van der Waals surface area contributed by atoms with Gasteiger partial charge in [-0.2, -0.15) is 5.10 Å². The number of benzene rings is 1. The molecule has 0 unspecified atom stereocenters. The number of piperidine rings is 1. The third-order valence-corrected chi connectivity index (χ3v) is 8.04. The Bertz CT molecular complexity index is 1430. The van der Waals surface area contributed by atoms with Gasteiger partial charge >= 0.3 is 0 Å². The Kier molecular flexibility index (Phi) is 5.17. The van der Waals surface area contributed by atoms with Gasteiger partial charge in [-0.25, -0.2) is 9.97 Å². The van der Waals surface area contributed by atoms with Crippen LogP contribution < -0.4 is 10.2 Å². The van der Waals surface area contributed by atoms with Crippen molar-refractivity contribution in [2.24, 2.45) is 5.41 Å². The van der Waals surface area contributed by atoms with E-state index in [0.717, 1.165) is 91.4 Å². The number of aromatic amines is 1. The van der Waals surface area contributed by atoms with Gasteiger partial charge in [-0.05, 0) is 37.4 Å². The fraction of sp³-hybridized carbons (Fsp3) is 0.462. The molecule has 3 aliphatic rings. The summed E-state index contributed by atoms with van der Waals surface area (Å²) in [4.78, 5) is 26.7. The molecule has 7 rings (SSSR count). The molecular formula is C26H30N8O2. The van der Waals surface area contributed by atoms with Gasteiger partial charge in [-0.1, -0.05) is 12.1 Å². The lowest BCUT2D eigenvalue weighted by molar-refractivity contribution is -0.119. The Balaban J connectivity index is 1.22. The van der Waals surface area contributed by atoms with Crippen LogP contribution in [0.1, 0.15) is 25.0 Å². The molecule has 0 atom stereocenters. The van der Waals surface area contributed by atoms with Crippen LogP contribution in [0, 0.1) is 5.41 Å². The molecule has 2 N–H and O–H groups in total. The molecule has 3 fully saturated rings. The molecule has 6 heterocycles. The van der Waals surface area contributed by atoms with Crippen LogP contribution >= 0.6 is 0 Å². The Hall–Kier alpha value is -3.50. The summed E-state index contributed by atoms with van der Waals surface area (Å²) in [6.45, 7) is 6.58. The number of fused-ring (bicyclic) bond motifs is 2. The van der Waals surface area contributed by atoms with E-state index in [1.54, 1.807) is 0 Å². The maximum absolute atomic E-state index is 11.8. The van der Waals surface area contributed by atoms with Crippen molar-refractivity contribution >= 4 is 28.3 Å². The number of aromatic nitrogens is 5. The number of morpholine rings is 1. The molecule has 1 spiro atoms. The topological polar surface area (TPSA) is 104 Å². The molecule has 0 aliphatic carbocycles. The van der Waals surface area contributed by atoms with Gasteiger partial charge in [0.05, 0.1) is 36.3 Å². The summed E-state index contributed by atoms with van der Waals surface area (Å²) >= 11 is 0. The summed E-state index contributed by atoms with van der Waals surface area (Å²) in [5.41, 5.74) is 5.03. The van der Waals surface area contributed by atoms with Crippen LogP contribution in [0.15, 0.2) is 36.8 Å². The molecule has 10 nitrogen and oxygen atoms in total. The fourth-order valence-electron chi connectivity index (χ4n) is 5.94. The maximum Gasteiger partial charge on any atom is 0.220 e. The van der Waals surface area contributed by atoms with E-state index in [4.69, 9.17) is 14.7 Å². The van der Waals surface area contributed by atoms with Crippen molar-refractivity contribution < 1.29 is 9.53 Å². The van der Waals surface area contributed by atoms with Gasteiger partial charge < -0.3 is 19.4 Å². The van der Waals surface area contributed by atoms with Gasteiger partial charge in [-0.15, -0.1) is 0 Å². The van der Waals surface area contributed by atoms with Gasteiger partial charge in [0, 0.05) is 55.9 Å². The van der Waals surface area contributed by atoms with E-state index < -0.39 is 0 Å². The summed E-state index contributed by atoms with van der Waals surface area (Å²) in [6.07, 6.45) is 8.87. The second-order valence-electron chi connectivity index (χ2n) is 10.4. The molecule has 3 aromatic heterocycles. The van der Waals surface area contributed by atoms with Crippen LogP contribution in [-0.2, 0) is 16.1 Å². The molecule has 0 saturated carbocycles. The lowest BCUT2D eigenvalue weighted by Crippen LogP contribution is -2.40. The van der Waals surface area contributed by atoms with E-state index in [9.17, 15) is 4.79 Å². The standard InChI is InChI=1S/C26H30N8O2/c35-23-12-26(17-27-23)4-6-32(7-5-26)14-18-15-34-16-22(19-2-1-3-21-20(19)13-28-31-21)30-25(24(34)29-18)33-8-10-36-11-9-33/h1-3,13,15-16H,4-12,14,17H2,(H,27,35)(H,28,31). The largest absolute Gasteiger partial charge is 0.378 e. The summed E-state index contributed by atoms with van der Waals surface area (Å²) in [5, 5.41) is 11.4. The van der Waals surface area contributed by atoms with Gasteiger partial charge in [0.1, 0.15) is 0 Å². The van der Waals surface area contributed by atoms with Crippen molar-refractivity contribution in [3.05, 3.63) is 42.5 Å². The first kappa shape index (κ1) is 21.8. The average Bonchev–Trinajstić information content (AvgIpc) is 3.63. The highest BCUT2D eigenvalue weighted by Crippen LogP contribution is 2.38. The summed E-state index contributed by atoms with van der Waals surface area (Å²) in [6, 6.07) is 6.16. The first-order chi connectivity index (χ1) is 17.7. The third-order valence-electron chi connectivity index (χ3n) is 8.04. The quantitative estimate of drug-likeness (QED) is 0.456. The van der Waals surface area contributed by atoms with Crippen molar-refractivity contribution in [2.45, 2.75) is 25.8 Å². The molecule has 186 valence electrons. The summed E-state index contributed by atoms with van der Waals surface area (Å²) < 4.78 is 7.74. The van der Waals surface area contributed by atoms with Gasteiger partial charge in [-0.3, -0.25) is 14.8 Å². The molecule has 36 heavy (non-hydrogen) atoms. The number of amides is 1. The fourth-order valence-corrected chi connectivity index (χ4v) is 5.94. The van der Waals surface area contributed by atoms with Crippen molar-refractivity contribution in [3.8, 4) is 11.3 Å². The minimum absolute atomic E-state index is 0.156. The molecule has 0 radical (unpaired) electrons. The number of nitrogens with zero attached hydrogens (tertiary/aromatic N) is 6. The van der Waals surface area contributed by atoms with Gasteiger partial charge in [0.2, 0.25) is 5.91 Å². The highest BCUT2D eigenvalue weighted by molar-refractivity contribution is 5.93. The smallest absolute Gasteiger partial charge is 0.220 e. The van der Waals surface area contributed by atoms with E-state index in [1.807, 2.05) is 18.3 Å². The number of imidazole rings is 1. The average molecular weight is 487 g/mol. The van der Waals surface area contributed by atoms with Crippen molar-refractivity contribution in [1.82, 2.24) is 34.8 Å². The maximum atomic E-state index is 11.8. The molecule has 3 aliphatic heterocycles. The zero-order chi connectivity index (χ0) is 24.1. The van der Waals surface area contributed by atoms with Crippen molar-refractivity contribution in [1.29, 1.82) is 0 Å². The Labute approximate surface area is 208 Å². The Morgan fingerprint density at radius 1 is 1.06 bits per heavy atom. The predicted molar refractivity (Wildman–Crippen MR) is 136 cm³/mol. The van der Waals surface area contributed by atoms with E-state index in [0.29, 0.717) is 19.6 Å². The Morgan fingerprint density at radius 2 is 1.92 bits per heavy atom. The van der Waals surface area contributed by atoms with Crippen LogP contribution in [0.5, 0.6) is 0 Å². The second-order valence-corrected chi connectivity index (χ2v) is 10.4. The predicted octanol–water partition coefficient (Wildman–Crippen LogP) is 2.21. The van der Waals surface area contributed by atoms with Gasteiger partial charge in [0.25, 0.3) is 0 Å². The van der Waals surface area contributed by atoms with Crippen LogP contribution in [0.2, 0.25) is 0 Å². The second kappa shape index (κ2) is 8.56. The number of carbonyl (C=O) groups excluding carboxylic acids is 1. The summed E-state index contributed by atoms with van der Waals surface area (Å²) in [5.74, 6) is 1.10. The molecule has 3 saturated heterocycles. The first-order valence-electron chi connectivity index (χ1n) is 12.8. The molecule has 1 amide bonds. The number of ether oxygens (including phenoxy) is 1. The Morgan fingerprint density at radius 3 is 2.72 bits per heavy atom. The van der Waals surface area contributed by atoms with Crippen LogP contribution in [0.4, 0.5) is 5.82 Å². The zero-order valence-corrected chi connectivity index (χ0v) is 20.2. The number of hydrogen-bond donors (Lipinski definition) is 2. The van der Waals surface area contributed by atoms with Crippen LogP contribution in [0.25, 0.3) is 27.8 Å². The van der Waals surface area contributed by atoms with Crippen molar-refractivity contribution in [3.63, 3.8) is 0 Å². The van der Waals surface area contributed by atoms with Crippen LogP contribution in [0.3, 0.4) is 0 Å². The van der Waals surface area contributed by atoms with Crippen LogP contribution in [-0.4, -0.2) is 81.3 Å². The van der Waals surface area contributed by atoms with Gasteiger partial charge in [0.15, 0.2) is 11.5 Å². The van der Waals surface area contributed by atoms with E-state index in [2.05, 4.69) is 48.2 Å². The highest BCUT2D eigenvalue weighted by atomic mass is 16.5. The van der Waals surface area contributed by atoms with E-state index in [1.165, 1.54) is 0 Å². The minimum Gasteiger partial charge on any atom is -0.378 e. The molecule has 10 heteroatoms. The first-order valence-corrected chi connectivity index (χ1v) is 12.8. The molecular weight excluding hydrogens is 456 g/mol. The van der Waals surface area contributed by atoms with Crippen molar-refractivity contribution in [2.75, 3.05) is 50.8 Å². The monoisotopic (exact) mass is 486 g/mol. The number of likely N-dealkylation sites (tertiary alicyclic amines) is 1. The third kappa shape index (κ3) is 3.81. The zero-order valence-electron chi connectivity index (χ0n) is 20.2.